The summed E-state index contributed by atoms with van der Waals surface area (Å²) in [6, 6.07) is 8.49. The molecule has 0 radical (unpaired) electrons. The molecule has 0 fully saturated rings. The predicted octanol–water partition coefficient (Wildman–Crippen LogP) is 3.15. The summed E-state index contributed by atoms with van der Waals surface area (Å²) < 4.78 is 0. The van der Waals surface area contributed by atoms with E-state index in [1.807, 2.05) is 12.1 Å². The highest BCUT2D eigenvalue weighted by Gasteiger charge is 2.17. The molecule has 0 aliphatic carbocycles. The van der Waals surface area contributed by atoms with Gasteiger partial charge < -0.3 is 10.6 Å². The van der Waals surface area contributed by atoms with Gasteiger partial charge >= 0.3 is 0 Å². The van der Waals surface area contributed by atoms with E-state index >= 15 is 0 Å². The Morgan fingerprint density at radius 2 is 2.22 bits per heavy atom. The Balaban J connectivity index is 2.34. The topological polar surface area (TPSA) is 29.3 Å². The van der Waals surface area contributed by atoms with E-state index in [0.29, 0.717) is 6.54 Å². The lowest BCUT2D eigenvalue weighted by molar-refractivity contribution is 0.351. The molecule has 2 nitrogen and oxygen atoms in total. The van der Waals surface area contributed by atoms with Gasteiger partial charge in [0, 0.05) is 19.3 Å². The van der Waals surface area contributed by atoms with Gasteiger partial charge in [-0.2, -0.15) is 0 Å². The second kappa shape index (κ2) is 5.69. The van der Waals surface area contributed by atoms with Gasteiger partial charge in [0.1, 0.15) is 0 Å². The molecule has 0 amide bonds. The lowest BCUT2D eigenvalue weighted by Crippen LogP contribution is -2.25. The Morgan fingerprint density at radius 1 is 1.44 bits per heavy atom. The average Bonchev–Trinajstić information content (AvgIpc) is 2.40. The minimum Gasteiger partial charge on any atom is -0.363 e. The van der Waals surface area contributed by atoms with Gasteiger partial charge in [0.25, 0.3) is 0 Å². The highest BCUT2D eigenvalue weighted by Crippen LogP contribution is 2.27. The van der Waals surface area contributed by atoms with Crippen molar-refractivity contribution in [2.75, 3.05) is 6.54 Å². The van der Waals surface area contributed by atoms with Crippen LogP contribution in [-0.2, 0) is 6.54 Å². The zero-order valence-electron chi connectivity index (χ0n) is 10.8. The molecule has 0 saturated carbocycles. The van der Waals surface area contributed by atoms with Crippen molar-refractivity contribution in [2.24, 2.45) is 5.73 Å². The number of nitrogens with zero attached hydrogens (tertiary/aromatic N) is 1. The predicted molar refractivity (Wildman–Crippen MR) is 76.9 cm³/mol. The summed E-state index contributed by atoms with van der Waals surface area (Å²) >= 11 is 0. The Morgan fingerprint density at radius 3 is 2.89 bits per heavy atom. The van der Waals surface area contributed by atoms with Gasteiger partial charge in [0.15, 0.2) is 0 Å². The maximum absolute atomic E-state index is 5.82. The fourth-order valence-electron chi connectivity index (χ4n) is 2.36. The molecule has 1 aromatic rings. The molecule has 2 N–H and O–H groups in total. The van der Waals surface area contributed by atoms with Crippen LogP contribution in [0.2, 0.25) is 0 Å². The van der Waals surface area contributed by atoms with Crippen LogP contribution in [-0.4, -0.2) is 11.4 Å². The molecule has 1 heterocycles. The molecule has 1 aliphatic heterocycles. The van der Waals surface area contributed by atoms with Crippen LogP contribution in [0.15, 0.2) is 60.8 Å². The van der Waals surface area contributed by atoms with Crippen LogP contribution < -0.4 is 5.73 Å². The van der Waals surface area contributed by atoms with Crippen LogP contribution in [0, 0.1) is 0 Å². The van der Waals surface area contributed by atoms with E-state index in [1.165, 1.54) is 16.7 Å². The van der Waals surface area contributed by atoms with E-state index in [-0.39, 0.29) is 6.04 Å². The molecule has 0 spiro atoms. The number of benzene rings is 1. The van der Waals surface area contributed by atoms with E-state index in [1.54, 1.807) is 0 Å². The summed E-state index contributed by atoms with van der Waals surface area (Å²) in [5.74, 6) is 0. The first kappa shape index (κ1) is 12.7. The molecule has 2 rings (SSSR count). The number of rotatable bonds is 4. The van der Waals surface area contributed by atoms with Crippen molar-refractivity contribution in [3.8, 4) is 0 Å². The summed E-state index contributed by atoms with van der Waals surface area (Å²) in [7, 11) is 0. The van der Waals surface area contributed by atoms with Crippen LogP contribution in [0.25, 0.3) is 0 Å². The van der Waals surface area contributed by atoms with Crippen molar-refractivity contribution in [3.05, 3.63) is 72.0 Å². The molecular weight excluding hydrogens is 220 g/mol. The monoisotopic (exact) mass is 240 g/mol. The number of nitrogens with two attached hydrogens (primary N) is 1. The van der Waals surface area contributed by atoms with Crippen LogP contribution >= 0.6 is 0 Å². The molecule has 2 heteroatoms. The summed E-state index contributed by atoms with van der Waals surface area (Å²) in [6.07, 6.45) is 8.49. The lowest BCUT2D eigenvalue weighted by atomic mass is 9.98. The Hall–Kier alpha value is -1.80. The van der Waals surface area contributed by atoms with Crippen molar-refractivity contribution in [3.63, 3.8) is 0 Å². The van der Waals surface area contributed by atoms with Crippen LogP contribution in [0.3, 0.4) is 0 Å². The van der Waals surface area contributed by atoms with Crippen LogP contribution in [0.1, 0.15) is 24.1 Å². The van der Waals surface area contributed by atoms with Gasteiger partial charge in [-0.15, -0.1) is 6.58 Å². The Bertz CT molecular complexity index is 486. The fraction of sp³-hybridized carbons (Fsp3) is 0.250. The van der Waals surface area contributed by atoms with Gasteiger partial charge in [-0.1, -0.05) is 42.5 Å². The summed E-state index contributed by atoms with van der Waals surface area (Å²) in [5, 5.41) is 0. The van der Waals surface area contributed by atoms with Gasteiger partial charge in [0.05, 0.1) is 6.04 Å². The molecule has 0 bridgehead atoms. The molecule has 1 aliphatic rings. The summed E-state index contributed by atoms with van der Waals surface area (Å²) in [4.78, 5) is 2.29. The van der Waals surface area contributed by atoms with Gasteiger partial charge in [-0.05, 0) is 23.6 Å². The maximum atomic E-state index is 5.82. The fourth-order valence-corrected chi connectivity index (χ4v) is 2.36. The van der Waals surface area contributed by atoms with Gasteiger partial charge in [-0.25, -0.2) is 0 Å². The molecule has 0 saturated heterocycles. The number of allylic oxidation sites excluding steroid dienone is 2. The highest BCUT2D eigenvalue weighted by atomic mass is 15.1. The molecular formula is C16H20N2. The van der Waals surface area contributed by atoms with Crippen LogP contribution in [0.5, 0.6) is 0 Å². The van der Waals surface area contributed by atoms with E-state index in [9.17, 15) is 0 Å². The standard InChI is InChI=1S/C16H20N2/c1-3-16(18-10-6-7-13(2)12-18)15-9-5-4-8-14(15)11-17/h3-9,12,16H,1,10-11,17H2,2H3. The smallest absolute Gasteiger partial charge is 0.0725 e. The third-order valence-electron chi connectivity index (χ3n) is 3.24. The molecule has 1 atom stereocenters. The summed E-state index contributed by atoms with van der Waals surface area (Å²) in [6.45, 7) is 7.56. The summed E-state index contributed by atoms with van der Waals surface area (Å²) in [5.41, 5.74) is 9.51. The highest BCUT2D eigenvalue weighted by molar-refractivity contribution is 5.34. The maximum Gasteiger partial charge on any atom is 0.0725 e. The van der Waals surface area contributed by atoms with Crippen LogP contribution in [0.4, 0.5) is 0 Å². The van der Waals surface area contributed by atoms with Crippen molar-refractivity contribution in [1.29, 1.82) is 0 Å². The second-order valence-corrected chi connectivity index (χ2v) is 4.56. The number of hydrogen-bond donors (Lipinski definition) is 1. The van der Waals surface area contributed by atoms with Gasteiger partial charge in [-0.3, -0.25) is 0 Å². The second-order valence-electron chi connectivity index (χ2n) is 4.56. The van der Waals surface area contributed by atoms with E-state index < -0.39 is 0 Å². The molecule has 94 valence electrons. The molecule has 0 aromatic heterocycles. The molecule has 18 heavy (non-hydrogen) atoms. The van der Waals surface area contributed by atoms with E-state index in [4.69, 9.17) is 5.73 Å². The first-order valence-corrected chi connectivity index (χ1v) is 6.27. The Labute approximate surface area is 109 Å². The quantitative estimate of drug-likeness (QED) is 0.819. The third-order valence-corrected chi connectivity index (χ3v) is 3.24. The van der Waals surface area contributed by atoms with E-state index in [2.05, 4.69) is 55.0 Å². The minimum atomic E-state index is 0.185. The lowest BCUT2D eigenvalue weighted by Gasteiger charge is -2.31. The van der Waals surface area contributed by atoms with Crippen molar-refractivity contribution in [1.82, 2.24) is 4.90 Å². The first-order valence-electron chi connectivity index (χ1n) is 6.27. The van der Waals surface area contributed by atoms with Crippen molar-refractivity contribution >= 4 is 0 Å². The normalized spacial score (nSPS) is 16.3. The third kappa shape index (κ3) is 2.54. The van der Waals surface area contributed by atoms with Crippen molar-refractivity contribution < 1.29 is 0 Å². The molecule has 1 unspecified atom stereocenters. The van der Waals surface area contributed by atoms with Crippen molar-refractivity contribution in [2.45, 2.75) is 19.5 Å². The minimum absolute atomic E-state index is 0.185. The van der Waals surface area contributed by atoms with Gasteiger partial charge in [0.2, 0.25) is 0 Å². The molecule has 1 aromatic carbocycles. The first-order chi connectivity index (χ1) is 8.76. The average molecular weight is 240 g/mol. The SMILES string of the molecule is C=CC(c1ccccc1CN)N1C=C(C)C=CC1. The largest absolute Gasteiger partial charge is 0.363 e. The van der Waals surface area contributed by atoms with E-state index in [0.717, 1.165) is 6.54 Å². The number of hydrogen-bond acceptors (Lipinski definition) is 2. The Kier molecular flexibility index (Phi) is 4.00. The zero-order valence-corrected chi connectivity index (χ0v) is 10.8. The zero-order chi connectivity index (χ0) is 13.0.